The standard InChI is InChI=1S/C21H29BrN2O5S/c1-30(26,27)23-18-3-2-10-24-19(18)12-28-16-7-4-14(5-8-16)17-11-15(22)6-9-20(17)29-13-21(24)25/h6,9,11,14,16,18-19,23H,2-5,7-8,10,12-13H2,1H3/t14?,16?,18?,19-/m0/s1. The molecule has 1 amide bonds. The van der Waals surface area contributed by atoms with Crippen molar-refractivity contribution in [2.75, 3.05) is 26.0 Å². The van der Waals surface area contributed by atoms with E-state index in [0.717, 1.165) is 54.1 Å². The Labute approximate surface area is 186 Å². The van der Waals surface area contributed by atoms with Gasteiger partial charge in [-0.15, -0.1) is 0 Å². The summed E-state index contributed by atoms with van der Waals surface area (Å²) in [6.07, 6.45) is 6.63. The summed E-state index contributed by atoms with van der Waals surface area (Å²) in [5.74, 6) is 1.01. The molecule has 9 heteroatoms. The number of hydrogen-bond acceptors (Lipinski definition) is 5. The first-order chi connectivity index (χ1) is 14.3. The maximum atomic E-state index is 13.1. The maximum absolute atomic E-state index is 13.1. The number of benzene rings is 1. The smallest absolute Gasteiger partial charge is 0.260 e. The molecule has 1 N–H and O–H groups in total. The Balaban J connectivity index is 1.62. The molecule has 166 valence electrons. The van der Waals surface area contributed by atoms with E-state index in [2.05, 4.69) is 26.7 Å². The number of fused-ring (bicyclic) bond motifs is 5. The topological polar surface area (TPSA) is 84.9 Å². The lowest BCUT2D eigenvalue weighted by Gasteiger charge is -2.41. The third-order valence-corrected chi connectivity index (χ3v) is 7.63. The van der Waals surface area contributed by atoms with Gasteiger partial charge in [0.15, 0.2) is 6.61 Å². The second-order valence-electron chi connectivity index (χ2n) is 8.57. The van der Waals surface area contributed by atoms with Crippen LogP contribution in [-0.2, 0) is 19.6 Å². The number of amides is 1. The number of carbonyl (C=O) groups excluding carboxylic acids is 1. The fourth-order valence-corrected chi connectivity index (χ4v) is 6.16. The molecule has 1 unspecified atom stereocenters. The zero-order chi connectivity index (χ0) is 21.3. The van der Waals surface area contributed by atoms with E-state index >= 15 is 0 Å². The number of ether oxygens (including phenoxy) is 2. The Kier molecular flexibility index (Phi) is 6.72. The lowest BCUT2D eigenvalue weighted by molar-refractivity contribution is -0.140. The molecule has 5 rings (SSSR count). The molecule has 1 aromatic carbocycles. The summed E-state index contributed by atoms with van der Waals surface area (Å²) in [5, 5.41) is 0. The van der Waals surface area contributed by atoms with Crippen molar-refractivity contribution < 1.29 is 22.7 Å². The highest BCUT2D eigenvalue weighted by molar-refractivity contribution is 9.10. The average Bonchev–Trinajstić information content (AvgIpc) is 2.71. The van der Waals surface area contributed by atoms with Gasteiger partial charge in [-0.3, -0.25) is 4.79 Å². The van der Waals surface area contributed by atoms with Gasteiger partial charge in [-0.05, 0) is 68.2 Å². The van der Waals surface area contributed by atoms with Crippen LogP contribution in [0.25, 0.3) is 0 Å². The summed E-state index contributed by atoms with van der Waals surface area (Å²) in [4.78, 5) is 14.8. The predicted molar refractivity (Wildman–Crippen MR) is 117 cm³/mol. The molecule has 1 saturated heterocycles. The van der Waals surface area contributed by atoms with Crippen LogP contribution < -0.4 is 9.46 Å². The summed E-state index contributed by atoms with van der Waals surface area (Å²) in [5.41, 5.74) is 1.14. The highest BCUT2D eigenvalue weighted by Gasteiger charge is 2.37. The SMILES string of the molecule is CS(=O)(=O)NC1CCCN2C(=O)COc3ccc(Br)cc3C3CCC(CC3)OC[C@@H]12. The third kappa shape index (κ3) is 5.18. The van der Waals surface area contributed by atoms with Crippen LogP contribution in [0.15, 0.2) is 22.7 Å². The molecule has 4 aliphatic rings. The highest BCUT2D eigenvalue weighted by atomic mass is 79.9. The number of halogens is 1. The van der Waals surface area contributed by atoms with Crippen LogP contribution in [0.2, 0.25) is 0 Å². The van der Waals surface area contributed by atoms with Gasteiger partial charge in [0.25, 0.3) is 5.91 Å². The van der Waals surface area contributed by atoms with E-state index in [9.17, 15) is 13.2 Å². The van der Waals surface area contributed by atoms with Gasteiger partial charge in [-0.2, -0.15) is 0 Å². The van der Waals surface area contributed by atoms with Crippen LogP contribution in [0, 0.1) is 0 Å². The molecule has 2 fully saturated rings. The Hall–Kier alpha value is -1.16. The second-order valence-corrected chi connectivity index (χ2v) is 11.3. The summed E-state index contributed by atoms with van der Waals surface area (Å²) >= 11 is 3.56. The van der Waals surface area contributed by atoms with Crippen LogP contribution in [0.1, 0.15) is 50.0 Å². The molecule has 30 heavy (non-hydrogen) atoms. The largest absolute Gasteiger partial charge is 0.483 e. The van der Waals surface area contributed by atoms with Gasteiger partial charge in [0.1, 0.15) is 5.75 Å². The first kappa shape index (κ1) is 22.0. The molecule has 1 aromatic rings. The van der Waals surface area contributed by atoms with Crippen molar-refractivity contribution in [2.45, 2.75) is 62.6 Å². The highest BCUT2D eigenvalue weighted by Crippen LogP contribution is 2.40. The fourth-order valence-electron chi connectivity index (χ4n) is 4.95. The van der Waals surface area contributed by atoms with Gasteiger partial charge in [0.05, 0.1) is 25.0 Å². The summed E-state index contributed by atoms with van der Waals surface area (Å²) in [6.45, 7) is 0.859. The first-order valence-electron chi connectivity index (χ1n) is 10.6. The third-order valence-electron chi connectivity index (χ3n) is 6.40. The molecule has 7 nitrogen and oxygen atoms in total. The maximum Gasteiger partial charge on any atom is 0.260 e. The molecule has 2 atom stereocenters. The number of sulfonamides is 1. The second kappa shape index (κ2) is 9.14. The van der Waals surface area contributed by atoms with Gasteiger partial charge < -0.3 is 14.4 Å². The van der Waals surface area contributed by atoms with E-state index < -0.39 is 10.0 Å². The lowest BCUT2D eigenvalue weighted by Crippen LogP contribution is -2.59. The van der Waals surface area contributed by atoms with Gasteiger partial charge in [-0.1, -0.05) is 15.9 Å². The number of hydrogen-bond donors (Lipinski definition) is 1. The van der Waals surface area contributed by atoms with E-state index in [0.29, 0.717) is 25.5 Å². The van der Waals surface area contributed by atoms with Crippen LogP contribution >= 0.6 is 15.9 Å². The minimum absolute atomic E-state index is 0.0626. The Morgan fingerprint density at radius 1 is 1.17 bits per heavy atom. The molecule has 0 spiro atoms. The molecular weight excluding hydrogens is 472 g/mol. The lowest BCUT2D eigenvalue weighted by atomic mass is 9.82. The Bertz CT molecular complexity index is 885. The predicted octanol–water partition coefficient (Wildman–Crippen LogP) is 2.79. The molecule has 3 aliphatic heterocycles. The molecule has 0 aromatic heterocycles. The summed E-state index contributed by atoms with van der Waals surface area (Å²) in [7, 11) is -3.38. The van der Waals surface area contributed by atoms with Crippen molar-refractivity contribution >= 4 is 31.9 Å². The monoisotopic (exact) mass is 500 g/mol. The van der Waals surface area contributed by atoms with Gasteiger partial charge >= 0.3 is 0 Å². The number of rotatable bonds is 2. The zero-order valence-electron chi connectivity index (χ0n) is 17.2. The van der Waals surface area contributed by atoms with E-state index in [1.807, 2.05) is 12.1 Å². The van der Waals surface area contributed by atoms with Crippen molar-refractivity contribution in [3.63, 3.8) is 0 Å². The van der Waals surface area contributed by atoms with Crippen molar-refractivity contribution in [1.29, 1.82) is 0 Å². The minimum atomic E-state index is -3.38. The van der Waals surface area contributed by atoms with Gasteiger partial charge in [0.2, 0.25) is 10.0 Å². The fraction of sp³-hybridized carbons (Fsp3) is 0.667. The van der Waals surface area contributed by atoms with Gasteiger partial charge in [-0.25, -0.2) is 13.1 Å². The summed E-state index contributed by atoms with van der Waals surface area (Å²) < 4.78 is 39.7. The molecule has 2 bridgehead atoms. The number of carbonyl (C=O) groups is 1. The average molecular weight is 501 g/mol. The van der Waals surface area contributed by atoms with Gasteiger partial charge in [0, 0.05) is 17.1 Å². The van der Waals surface area contributed by atoms with Crippen LogP contribution in [0.4, 0.5) is 0 Å². The van der Waals surface area contributed by atoms with Crippen molar-refractivity contribution in [1.82, 2.24) is 9.62 Å². The molecule has 1 aliphatic carbocycles. The van der Waals surface area contributed by atoms with Crippen LogP contribution in [0.5, 0.6) is 5.75 Å². The minimum Gasteiger partial charge on any atom is -0.483 e. The van der Waals surface area contributed by atoms with Crippen molar-refractivity contribution in [3.05, 3.63) is 28.2 Å². The normalized spacial score (nSPS) is 30.3. The van der Waals surface area contributed by atoms with Crippen molar-refractivity contribution in [3.8, 4) is 5.75 Å². The Morgan fingerprint density at radius 3 is 2.67 bits per heavy atom. The summed E-state index contributed by atoms with van der Waals surface area (Å²) in [6, 6.07) is 5.29. The Morgan fingerprint density at radius 2 is 1.93 bits per heavy atom. The van der Waals surface area contributed by atoms with Crippen LogP contribution in [0.3, 0.4) is 0 Å². The van der Waals surface area contributed by atoms with E-state index in [1.165, 1.54) is 0 Å². The first-order valence-corrected chi connectivity index (χ1v) is 13.3. The van der Waals surface area contributed by atoms with E-state index in [-0.39, 0.29) is 30.7 Å². The van der Waals surface area contributed by atoms with Crippen molar-refractivity contribution in [2.24, 2.45) is 0 Å². The zero-order valence-corrected chi connectivity index (χ0v) is 19.6. The number of nitrogens with one attached hydrogen (secondary N) is 1. The number of piperidine rings is 1. The molecule has 0 radical (unpaired) electrons. The molecule has 3 heterocycles. The molecule has 1 saturated carbocycles. The van der Waals surface area contributed by atoms with E-state index in [4.69, 9.17) is 9.47 Å². The molecular formula is C21H29BrN2O5S. The van der Waals surface area contributed by atoms with E-state index in [1.54, 1.807) is 4.90 Å². The van der Waals surface area contributed by atoms with Crippen LogP contribution in [-0.4, -0.2) is 63.4 Å². The number of nitrogens with zero attached hydrogens (tertiary/aromatic N) is 1. The quantitative estimate of drug-likeness (QED) is 0.674.